The van der Waals surface area contributed by atoms with Crippen LogP contribution in [0.15, 0.2) is 10.6 Å². The van der Waals surface area contributed by atoms with Crippen LogP contribution in [0.2, 0.25) is 0 Å². The van der Waals surface area contributed by atoms with Crippen LogP contribution in [-0.4, -0.2) is 30.2 Å². The highest BCUT2D eigenvalue weighted by atomic mass is 16.4. The Morgan fingerprint density at radius 2 is 2.13 bits per heavy atom. The number of aromatic nitrogens is 1. The van der Waals surface area contributed by atoms with Gasteiger partial charge < -0.3 is 14.4 Å². The molecule has 15 heavy (non-hydrogen) atoms. The third kappa shape index (κ3) is 2.49. The molecular weight excluding hydrogens is 196 g/mol. The monoisotopic (exact) mass is 212 g/mol. The largest absolute Gasteiger partial charge is 0.481 e. The lowest BCUT2D eigenvalue weighted by molar-refractivity contribution is -0.140. The normalized spacial score (nSPS) is 12.9. The summed E-state index contributed by atoms with van der Waals surface area (Å²) in [6.07, 6.45) is 1.48. The molecule has 0 aliphatic carbocycles. The van der Waals surface area contributed by atoms with Crippen LogP contribution in [0.3, 0.4) is 0 Å². The average Bonchev–Trinajstić information content (AvgIpc) is 2.51. The molecule has 0 fully saturated rings. The van der Waals surface area contributed by atoms with E-state index < -0.39 is 11.9 Å². The van der Waals surface area contributed by atoms with Crippen LogP contribution in [0.4, 0.5) is 6.01 Å². The van der Waals surface area contributed by atoms with Gasteiger partial charge in [-0.25, -0.2) is 4.98 Å². The quantitative estimate of drug-likeness (QED) is 0.820. The van der Waals surface area contributed by atoms with Crippen molar-refractivity contribution in [2.75, 3.05) is 19.0 Å². The van der Waals surface area contributed by atoms with E-state index in [0.717, 1.165) is 0 Å². The van der Waals surface area contributed by atoms with Crippen molar-refractivity contribution < 1.29 is 14.3 Å². The van der Waals surface area contributed by atoms with Gasteiger partial charge in [-0.15, -0.1) is 0 Å². The van der Waals surface area contributed by atoms with E-state index in [1.54, 1.807) is 19.0 Å². The van der Waals surface area contributed by atoms with E-state index in [9.17, 15) is 4.79 Å². The summed E-state index contributed by atoms with van der Waals surface area (Å²) >= 11 is 0. The van der Waals surface area contributed by atoms with Crippen molar-refractivity contribution in [2.45, 2.75) is 19.8 Å². The lowest BCUT2D eigenvalue weighted by Gasteiger charge is -2.12. The molecule has 1 unspecified atom stereocenters. The van der Waals surface area contributed by atoms with Crippen LogP contribution in [0.25, 0.3) is 0 Å². The maximum atomic E-state index is 11.0. The zero-order valence-electron chi connectivity index (χ0n) is 9.39. The van der Waals surface area contributed by atoms with E-state index in [-0.39, 0.29) is 5.92 Å². The topological polar surface area (TPSA) is 66.6 Å². The molecule has 5 nitrogen and oxygen atoms in total. The second-order valence-electron chi connectivity index (χ2n) is 4.00. The zero-order chi connectivity index (χ0) is 11.6. The summed E-state index contributed by atoms with van der Waals surface area (Å²) in [6, 6.07) is 0.428. The van der Waals surface area contributed by atoms with Gasteiger partial charge >= 0.3 is 5.97 Å². The number of hydrogen-bond acceptors (Lipinski definition) is 4. The Morgan fingerprint density at radius 1 is 1.53 bits per heavy atom. The van der Waals surface area contributed by atoms with Gasteiger partial charge in [0.05, 0.1) is 6.20 Å². The highest BCUT2D eigenvalue weighted by molar-refractivity contribution is 5.75. The van der Waals surface area contributed by atoms with Gasteiger partial charge in [0.15, 0.2) is 0 Å². The van der Waals surface area contributed by atoms with Gasteiger partial charge in [0.1, 0.15) is 11.7 Å². The lowest BCUT2D eigenvalue weighted by Crippen LogP contribution is -2.16. The van der Waals surface area contributed by atoms with Crippen LogP contribution in [0.1, 0.15) is 25.5 Å². The van der Waals surface area contributed by atoms with Gasteiger partial charge in [-0.1, -0.05) is 13.8 Å². The molecule has 0 bridgehead atoms. The second kappa shape index (κ2) is 4.33. The molecule has 1 heterocycles. The zero-order valence-corrected chi connectivity index (χ0v) is 9.39. The van der Waals surface area contributed by atoms with E-state index in [1.807, 2.05) is 13.8 Å². The molecule has 0 spiro atoms. The van der Waals surface area contributed by atoms with Crippen LogP contribution < -0.4 is 4.90 Å². The Labute approximate surface area is 88.7 Å². The van der Waals surface area contributed by atoms with Crippen molar-refractivity contribution in [1.82, 2.24) is 4.98 Å². The van der Waals surface area contributed by atoms with Crippen LogP contribution in [0.5, 0.6) is 0 Å². The van der Waals surface area contributed by atoms with Crippen molar-refractivity contribution in [3.63, 3.8) is 0 Å². The predicted octanol–water partition coefficient (Wildman–Crippen LogP) is 1.56. The molecule has 0 saturated carbocycles. The molecule has 5 heteroatoms. The van der Waals surface area contributed by atoms with Gasteiger partial charge in [0.2, 0.25) is 0 Å². The number of carbonyl (C=O) groups is 1. The van der Waals surface area contributed by atoms with Crippen molar-refractivity contribution in [3.8, 4) is 0 Å². The standard InChI is InChI=1S/C10H16N2O3/c1-6(2)8(9(13)14)7-5-11-10(15-7)12(3)4/h5-6,8H,1-4H3,(H,13,14). The Kier molecular flexibility index (Phi) is 3.34. The maximum absolute atomic E-state index is 11.0. The molecule has 0 aromatic carbocycles. The minimum absolute atomic E-state index is 0.0227. The van der Waals surface area contributed by atoms with Gasteiger partial charge in [-0.05, 0) is 5.92 Å². The maximum Gasteiger partial charge on any atom is 0.314 e. The molecule has 1 aromatic heterocycles. The third-order valence-electron chi connectivity index (χ3n) is 2.13. The molecule has 1 atom stereocenters. The minimum Gasteiger partial charge on any atom is -0.481 e. The summed E-state index contributed by atoms with van der Waals surface area (Å²) in [5, 5.41) is 9.04. The van der Waals surface area contributed by atoms with E-state index in [1.165, 1.54) is 6.20 Å². The summed E-state index contributed by atoms with van der Waals surface area (Å²) < 4.78 is 5.36. The average molecular weight is 212 g/mol. The van der Waals surface area contributed by atoms with Crippen molar-refractivity contribution in [1.29, 1.82) is 0 Å². The number of rotatable bonds is 4. The van der Waals surface area contributed by atoms with Crippen molar-refractivity contribution >= 4 is 12.0 Å². The SMILES string of the molecule is CC(C)C(C(=O)O)c1cnc(N(C)C)o1. The molecule has 1 N–H and O–H groups in total. The Hall–Kier alpha value is -1.52. The summed E-state index contributed by atoms with van der Waals surface area (Å²) in [4.78, 5) is 16.7. The number of oxazole rings is 1. The fraction of sp³-hybridized carbons (Fsp3) is 0.600. The number of carboxylic acid groups (broad SMARTS) is 1. The highest BCUT2D eigenvalue weighted by Crippen LogP contribution is 2.27. The van der Waals surface area contributed by atoms with Crippen LogP contribution in [-0.2, 0) is 4.79 Å². The fourth-order valence-electron chi connectivity index (χ4n) is 1.36. The second-order valence-corrected chi connectivity index (χ2v) is 4.00. The molecule has 0 aliphatic heterocycles. The molecular formula is C10H16N2O3. The minimum atomic E-state index is -0.883. The molecule has 1 aromatic rings. The summed E-state index contributed by atoms with van der Waals surface area (Å²) in [5.41, 5.74) is 0. The highest BCUT2D eigenvalue weighted by Gasteiger charge is 2.27. The summed E-state index contributed by atoms with van der Waals surface area (Å²) in [6.45, 7) is 3.69. The molecule has 0 saturated heterocycles. The lowest BCUT2D eigenvalue weighted by atomic mass is 9.94. The molecule has 0 radical (unpaired) electrons. The summed E-state index contributed by atoms with van der Waals surface area (Å²) in [7, 11) is 3.58. The van der Waals surface area contributed by atoms with Gasteiger partial charge in [-0.2, -0.15) is 0 Å². The first-order valence-corrected chi connectivity index (χ1v) is 4.79. The van der Waals surface area contributed by atoms with Crippen molar-refractivity contribution in [2.24, 2.45) is 5.92 Å². The van der Waals surface area contributed by atoms with Crippen LogP contribution >= 0.6 is 0 Å². The van der Waals surface area contributed by atoms with Gasteiger partial charge in [0.25, 0.3) is 6.01 Å². The summed E-state index contributed by atoms with van der Waals surface area (Å²) in [5.74, 6) is -1.13. The predicted molar refractivity (Wildman–Crippen MR) is 56.0 cm³/mol. The molecule has 0 amide bonds. The third-order valence-corrected chi connectivity index (χ3v) is 2.13. The smallest absolute Gasteiger partial charge is 0.314 e. The first-order chi connectivity index (χ1) is 6.93. The Bertz CT molecular complexity index is 344. The molecule has 1 rings (SSSR count). The van der Waals surface area contributed by atoms with E-state index in [4.69, 9.17) is 9.52 Å². The van der Waals surface area contributed by atoms with Gasteiger partial charge in [0, 0.05) is 14.1 Å². The van der Waals surface area contributed by atoms with Crippen LogP contribution in [0, 0.1) is 5.92 Å². The number of carboxylic acids is 1. The number of hydrogen-bond donors (Lipinski definition) is 1. The number of anilines is 1. The van der Waals surface area contributed by atoms with Gasteiger partial charge in [-0.3, -0.25) is 4.79 Å². The molecule has 84 valence electrons. The Balaban J connectivity index is 2.97. The van der Waals surface area contributed by atoms with E-state index >= 15 is 0 Å². The Morgan fingerprint density at radius 3 is 2.47 bits per heavy atom. The van der Waals surface area contributed by atoms with E-state index in [0.29, 0.717) is 11.8 Å². The first kappa shape index (κ1) is 11.6. The van der Waals surface area contributed by atoms with E-state index in [2.05, 4.69) is 4.98 Å². The molecule has 0 aliphatic rings. The first-order valence-electron chi connectivity index (χ1n) is 4.79. The fourth-order valence-corrected chi connectivity index (χ4v) is 1.36. The van der Waals surface area contributed by atoms with Crippen molar-refractivity contribution in [3.05, 3.63) is 12.0 Å². The number of aliphatic carboxylic acids is 1. The number of nitrogens with zero attached hydrogens (tertiary/aromatic N) is 2.